The van der Waals surface area contributed by atoms with Crippen molar-refractivity contribution in [2.24, 2.45) is 0 Å². The Morgan fingerprint density at radius 1 is 1.20 bits per heavy atom. The molecule has 0 spiro atoms. The summed E-state index contributed by atoms with van der Waals surface area (Å²) < 4.78 is 97.1. The van der Waals surface area contributed by atoms with Crippen molar-refractivity contribution in [3.8, 4) is 17.6 Å². The number of benzene rings is 2. The monoisotopic (exact) mass is 601 g/mol. The highest BCUT2D eigenvalue weighted by Gasteiger charge is 2.32. The molecular formula is C27H28F5N3O3S2. The van der Waals surface area contributed by atoms with Crippen molar-refractivity contribution in [3.05, 3.63) is 46.8 Å². The first kappa shape index (κ1) is 29.9. The number of alkyl halides is 5. The van der Waals surface area contributed by atoms with Crippen LogP contribution in [0.15, 0.2) is 41.3 Å². The predicted molar refractivity (Wildman–Crippen MR) is 148 cm³/mol. The van der Waals surface area contributed by atoms with Crippen LogP contribution in [0.25, 0.3) is 10.1 Å². The van der Waals surface area contributed by atoms with E-state index in [9.17, 15) is 30.4 Å². The summed E-state index contributed by atoms with van der Waals surface area (Å²) in [5.74, 6) is 5.57. The van der Waals surface area contributed by atoms with Crippen LogP contribution in [0.1, 0.15) is 16.9 Å². The summed E-state index contributed by atoms with van der Waals surface area (Å²) in [6.45, 7) is -0.245. The van der Waals surface area contributed by atoms with Gasteiger partial charge in [-0.3, -0.25) is 0 Å². The second-order valence-corrected chi connectivity index (χ2v) is 12.6. The fourth-order valence-electron chi connectivity index (χ4n) is 4.50. The number of anilines is 2. The Kier molecular flexibility index (Phi) is 9.12. The number of nitrogens with one attached hydrogen (secondary N) is 2. The Hall–Kier alpha value is -3.08. The number of likely N-dealkylation sites (tertiary alicyclic amines) is 1. The second kappa shape index (κ2) is 12.2. The molecule has 13 heteroatoms. The molecule has 216 valence electrons. The van der Waals surface area contributed by atoms with Crippen LogP contribution in [0, 0.1) is 11.8 Å². The van der Waals surface area contributed by atoms with Crippen LogP contribution in [0.5, 0.6) is 5.75 Å². The zero-order valence-electron chi connectivity index (χ0n) is 21.7. The lowest BCUT2D eigenvalue weighted by Crippen LogP contribution is -2.46. The highest BCUT2D eigenvalue weighted by Crippen LogP contribution is 2.39. The Morgan fingerprint density at radius 2 is 1.98 bits per heavy atom. The Balaban J connectivity index is 1.61. The third-order valence-electron chi connectivity index (χ3n) is 6.44. The molecule has 6 nitrogen and oxygen atoms in total. The normalized spacial score (nSPS) is 18.3. The minimum Gasteiger partial charge on any atom is -0.461 e. The molecule has 0 radical (unpaired) electrons. The van der Waals surface area contributed by atoms with E-state index in [-0.39, 0.29) is 39.9 Å². The van der Waals surface area contributed by atoms with Crippen molar-refractivity contribution in [1.29, 1.82) is 0 Å². The van der Waals surface area contributed by atoms with Crippen molar-refractivity contribution in [3.63, 3.8) is 0 Å². The molecule has 1 saturated heterocycles. The van der Waals surface area contributed by atoms with E-state index in [1.165, 1.54) is 18.2 Å². The maximum absolute atomic E-state index is 14.7. The van der Waals surface area contributed by atoms with Gasteiger partial charge in [0.1, 0.15) is 11.9 Å². The molecule has 2 aromatic carbocycles. The molecule has 1 fully saturated rings. The molecule has 4 rings (SSSR count). The lowest BCUT2D eigenvalue weighted by Gasteiger charge is -2.33. The highest BCUT2D eigenvalue weighted by atomic mass is 32.2. The minimum absolute atomic E-state index is 0.0369. The van der Waals surface area contributed by atoms with E-state index in [1.54, 1.807) is 18.2 Å². The first-order valence-corrected chi connectivity index (χ1v) is 15.0. The maximum atomic E-state index is 14.7. The van der Waals surface area contributed by atoms with Gasteiger partial charge in [0.2, 0.25) is 6.86 Å². The molecule has 2 N–H and O–H groups in total. The first-order chi connectivity index (χ1) is 18.9. The maximum Gasteiger partial charge on any atom is 0.393 e. The summed E-state index contributed by atoms with van der Waals surface area (Å²) in [5, 5.41) is 6.49. The highest BCUT2D eigenvalue weighted by molar-refractivity contribution is 7.90. The molecule has 0 saturated carbocycles. The van der Waals surface area contributed by atoms with Crippen molar-refractivity contribution in [2.75, 3.05) is 50.4 Å². The number of ether oxygens (including phenoxy) is 1. The topological polar surface area (TPSA) is 70.7 Å². The van der Waals surface area contributed by atoms with E-state index < -0.39 is 41.5 Å². The SMILES string of the molecule is CN1CCC(Nc2cccc3c(CC(F)(F)F)c(C#CCNc4ccc(S(C)(=O)=O)cc4OCF)sc23)C(F)C1. The molecule has 1 aliphatic rings. The van der Waals surface area contributed by atoms with Gasteiger partial charge in [-0.1, -0.05) is 24.0 Å². The quantitative estimate of drug-likeness (QED) is 0.258. The number of sulfone groups is 1. The number of piperidine rings is 1. The Morgan fingerprint density at radius 3 is 2.65 bits per heavy atom. The average molecular weight is 602 g/mol. The van der Waals surface area contributed by atoms with Crippen LogP contribution in [0.2, 0.25) is 0 Å². The van der Waals surface area contributed by atoms with Gasteiger partial charge in [-0.15, -0.1) is 11.3 Å². The van der Waals surface area contributed by atoms with Crippen LogP contribution in [-0.2, 0) is 16.3 Å². The van der Waals surface area contributed by atoms with E-state index in [1.807, 2.05) is 11.9 Å². The fraction of sp³-hybridized carbons (Fsp3) is 0.407. The summed E-state index contributed by atoms with van der Waals surface area (Å²) in [6, 6.07) is 8.42. The van der Waals surface area contributed by atoms with Crippen molar-refractivity contribution >= 4 is 42.6 Å². The summed E-state index contributed by atoms with van der Waals surface area (Å²) in [4.78, 5) is 2.07. The van der Waals surface area contributed by atoms with Gasteiger partial charge in [-0.05, 0) is 42.6 Å². The van der Waals surface area contributed by atoms with Crippen LogP contribution < -0.4 is 15.4 Å². The van der Waals surface area contributed by atoms with Gasteiger partial charge < -0.3 is 20.3 Å². The van der Waals surface area contributed by atoms with Gasteiger partial charge in [-0.25, -0.2) is 17.2 Å². The molecule has 0 amide bonds. The van der Waals surface area contributed by atoms with Crippen molar-refractivity contribution in [1.82, 2.24) is 4.90 Å². The van der Waals surface area contributed by atoms with Gasteiger partial charge in [0.05, 0.1) is 44.9 Å². The largest absolute Gasteiger partial charge is 0.461 e. The molecule has 1 aromatic heterocycles. The molecular weight excluding hydrogens is 573 g/mol. The van der Waals surface area contributed by atoms with E-state index in [2.05, 4.69) is 22.5 Å². The molecule has 0 bridgehead atoms. The molecule has 1 aliphatic heterocycles. The summed E-state index contributed by atoms with van der Waals surface area (Å²) in [5.41, 5.74) is 0.882. The van der Waals surface area contributed by atoms with Crippen LogP contribution in [-0.4, -0.2) is 71.5 Å². The standard InChI is InChI=1S/C27H28F5N3O3S2/c1-35-12-10-21(20(29)15-35)34-23-6-3-5-18-19(14-27(30,31)32)25(39-26(18)23)7-4-11-33-22-9-8-17(40(2,36)37)13-24(22)38-16-28/h3,5-6,8-9,13,20-21,33-34H,10-12,14-16H2,1-2H3. The lowest BCUT2D eigenvalue weighted by molar-refractivity contribution is -0.126. The van der Waals surface area contributed by atoms with Crippen LogP contribution in [0.4, 0.5) is 33.3 Å². The first-order valence-electron chi connectivity index (χ1n) is 12.3. The molecule has 3 aromatic rings. The zero-order valence-corrected chi connectivity index (χ0v) is 23.4. The Bertz CT molecular complexity index is 1530. The minimum atomic E-state index is -4.47. The average Bonchev–Trinajstić information content (AvgIpc) is 3.20. The number of rotatable bonds is 8. The van der Waals surface area contributed by atoms with Crippen LogP contribution in [0.3, 0.4) is 0 Å². The number of halogens is 5. The number of hydrogen-bond acceptors (Lipinski definition) is 7. The molecule has 2 unspecified atom stereocenters. The predicted octanol–water partition coefficient (Wildman–Crippen LogP) is 5.63. The number of fused-ring (bicyclic) bond motifs is 1. The summed E-state index contributed by atoms with van der Waals surface area (Å²) in [6.07, 6.45) is -5.19. The fourth-order valence-corrected chi connectivity index (χ4v) is 6.31. The third kappa shape index (κ3) is 7.35. The van der Waals surface area contributed by atoms with Gasteiger partial charge >= 0.3 is 6.18 Å². The van der Waals surface area contributed by atoms with Gasteiger partial charge in [-0.2, -0.15) is 13.2 Å². The van der Waals surface area contributed by atoms with Gasteiger partial charge in [0, 0.05) is 25.4 Å². The summed E-state index contributed by atoms with van der Waals surface area (Å²) >= 11 is 1.11. The molecule has 40 heavy (non-hydrogen) atoms. The molecule has 2 atom stereocenters. The number of thiophene rings is 1. The third-order valence-corrected chi connectivity index (χ3v) is 8.75. The van der Waals surface area contributed by atoms with Crippen molar-refractivity contribution in [2.45, 2.75) is 36.1 Å². The van der Waals surface area contributed by atoms with E-state index in [4.69, 9.17) is 4.74 Å². The number of nitrogens with zero attached hydrogens (tertiary/aromatic N) is 1. The van der Waals surface area contributed by atoms with Crippen LogP contribution >= 0.6 is 11.3 Å². The smallest absolute Gasteiger partial charge is 0.393 e. The lowest BCUT2D eigenvalue weighted by atomic mass is 10.0. The second-order valence-electron chi connectivity index (χ2n) is 9.54. The summed E-state index contributed by atoms with van der Waals surface area (Å²) in [7, 11) is -1.71. The number of hydrogen-bond donors (Lipinski definition) is 2. The van der Waals surface area contributed by atoms with Gasteiger partial charge in [0.25, 0.3) is 0 Å². The van der Waals surface area contributed by atoms with Gasteiger partial charge in [0.15, 0.2) is 9.84 Å². The van der Waals surface area contributed by atoms with Crippen molar-refractivity contribution < 1.29 is 35.1 Å². The Labute approximate surface area is 233 Å². The zero-order chi connectivity index (χ0) is 29.1. The molecule has 2 heterocycles. The van der Waals surface area contributed by atoms with E-state index in [0.717, 1.165) is 17.6 Å². The van der Waals surface area contributed by atoms with E-state index >= 15 is 0 Å². The molecule has 0 aliphatic carbocycles. The van der Waals surface area contributed by atoms with E-state index in [0.29, 0.717) is 28.7 Å².